The molecule has 92 valence electrons. The van der Waals surface area contributed by atoms with Crippen molar-refractivity contribution < 1.29 is 0 Å². The molecule has 2 aromatic rings. The van der Waals surface area contributed by atoms with Crippen molar-refractivity contribution >= 4 is 19.2 Å². The molecule has 0 saturated carbocycles. The summed E-state index contributed by atoms with van der Waals surface area (Å²) in [6.07, 6.45) is 5.02. The number of fused-ring (bicyclic) bond motifs is 1. The number of aryl methyl sites for hydroxylation is 1. The highest BCUT2D eigenvalue weighted by atomic mass is 31.1. The van der Waals surface area contributed by atoms with Gasteiger partial charge >= 0.3 is 0 Å². The summed E-state index contributed by atoms with van der Waals surface area (Å²) in [7, 11) is -0.0366. The zero-order valence-corrected chi connectivity index (χ0v) is 12.0. The van der Waals surface area contributed by atoms with Crippen LogP contribution in [0.3, 0.4) is 0 Å². The molecule has 0 amide bonds. The molecule has 0 aliphatic heterocycles. The largest absolute Gasteiger partial charge is 0.117 e. The average Bonchev–Trinajstić information content (AvgIpc) is 2.96. The van der Waals surface area contributed by atoms with Crippen LogP contribution in [0.15, 0.2) is 42.2 Å². The molecule has 3 rings (SSSR count). The van der Waals surface area contributed by atoms with Crippen molar-refractivity contribution in [3.63, 3.8) is 0 Å². The summed E-state index contributed by atoms with van der Waals surface area (Å²) in [5, 5.41) is 1.61. The van der Waals surface area contributed by atoms with Gasteiger partial charge in [0.05, 0.1) is 0 Å². The topological polar surface area (TPSA) is 0 Å². The van der Waals surface area contributed by atoms with Crippen LogP contribution in [0.1, 0.15) is 42.6 Å². The zero-order valence-electron chi connectivity index (χ0n) is 11.1. The lowest BCUT2D eigenvalue weighted by molar-refractivity contribution is 1.01. The van der Waals surface area contributed by atoms with Gasteiger partial charge in [-0.2, -0.15) is 0 Å². The molecule has 1 aliphatic carbocycles. The van der Waals surface area contributed by atoms with E-state index in [1.165, 1.54) is 23.7 Å². The van der Waals surface area contributed by atoms with Gasteiger partial charge in [-0.1, -0.05) is 50.2 Å². The lowest BCUT2D eigenvalue weighted by Crippen LogP contribution is -1.91. The number of benzene rings is 1. The average molecular weight is 254 g/mol. The fourth-order valence-electron chi connectivity index (χ4n) is 2.90. The molecule has 1 aromatic carbocycles. The van der Waals surface area contributed by atoms with E-state index in [9.17, 15) is 0 Å². The minimum atomic E-state index is -0.0366. The molecule has 0 fully saturated rings. The fourth-order valence-corrected chi connectivity index (χ4v) is 5.10. The third-order valence-electron chi connectivity index (χ3n) is 3.83. The van der Waals surface area contributed by atoms with Crippen molar-refractivity contribution in [1.82, 2.24) is 0 Å². The van der Waals surface area contributed by atoms with Crippen LogP contribution in [0.4, 0.5) is 0 Å². The Morgan fingerprint density at radius 1 is 1.11 bits per heavy atom. The summed E-state index contributed by atoms with van der Waals surface area (Å²) >= 11 is 0. The third kappa shape index (κ3) is 1.85. The highest BCUT2D eigenvalue weighted by Crippen LogP contribution is 2.49. The Morgan fingerprint density at radius 3 is 2.72 bits per heavy atom. The molecule has 0 bridgehead atoms. The first kappa shape index (κ1) is 11.8. The van der Waals surface area contributed by atoms with E-state index in [0.717, 1.165) is 0 Å². The van der Waals surface area contributed by atoms with Gasteiger partial charge in [0.15, 0.2) is 0 Å². The Labute approximate surface area is 110 Å². The van der Waals surface area contributed by atoms with E-state index in [4.69, 9.17) is 0 Å². The van der Waals surface area contributed by atoms with E-state index in [-0.39, 0.29) is 7.53 Å². The molecule has 1 heterocycles. The molecule has 2 unspecified atom stereocenters. The Balaban J connectivity index is 2.02. The second-order valence-corrected chi connectivity index (χ2v) is 7.20. The van der Waals surface area contributed by atoms with Crippen LogP contribution in [-0.2, 0) is 6.16 Å². The Morgan fingerprint density at radius 2 is 1.94 bits per heavy atom. The Hall–Kier alpha value is -1.26. The zero-order chi connectivity index (χ0) is 12.5. The van der Waals surface area contributed by atoms with E-state index >= 15 is 0 Å². The van der Waals surface area contributed by atoms with Crippen LogP contribution in [0.25, 0.3) is 11.6 Å². The lowest BCUT2D eigenvalue weighted by atomic mass is 9.97. The number of allylic oxidation sites excluding steroid dienone is 1. The van der Waals surface area contributed by atoms with Gasteiger partial charge in [0, 0.05) is 5.92 Å². The summed E-state index contributed by atoms with van der Waals surface area (Å²) in [6.45, 7) is 4.63. The Bertz CT molecular complexity index is 589. The first-order valence-corrected chi connectivity index (χ1v) is 8.37. The normalized spacial score (nSPS) is 18.7. The van der Waals surface area contributed by atoms with Crippen LogP contribution in [0.2, 0.25) is 0 Å². The molecule has 2 atom stereocenters. The smallest absolute Gasteiger partial charge is 0.00763 e. The summed E-state index contributed by atoms with van der Waals surface area (Å²) < 4.78 is 0. The molecule has 0 saturated heterocycles. The highest BCUT2D eigenvalue weighted by Gasteiger charge is 2.23. The minimum absolute atomic E-state index is 0.0366. The van der Waals surface area contributed by atoms with Gasteiger partial charge in [-0.15, -0.1) is 7.53 Å². The predicted molar refractivity (Wildman–Crippen MR) is 82.2 cm³/mol. The third-order valence-corrected chi connectivity index (χ3v) is 6.32. The van der Waals surface area contributed by atoms with Gasteiger partial charge in [0.1, 0.15) is 0 Å². The summed E-state index contributed by atoms with van der Waals surface area (Å²) in [4.78, 5) is 0. The van der Waals surface area contributed by atoms with E-state index in [1.807, 2.05) is 0 Å². The highest BCUT2D eigenvalue weighted by molar-refractivity contribution is 7.49. The standard InChI is InChI=1S/C17H19P/c1-3-10-18-11-6-9-17(18)16-12-14-7-4-5-8-15(14)13(16)2/h4-9,11-13H,3,10H2,1-2H3. The quantitative estimate of drug-likeness (QED) is 0.655. The second-order valence-electron chi connectivity index (χ2n) is 5.04. The number of hydrogen-bond donors (Lipinski definition) is 0. The van der Waals surface area contributed by atoms with Crippen molar-refractivity contribution in [2.24, 2.45) is 0 Å². The van der Waals surface area contributed by atoms with E-state index in [2.05, 4.69) is 62.1 Å². The minimum Gasteiger partial charge on any atom is -0.117 e. The molecule has 0 nitrogen and oxygen atoms in total. The molecule has 1 aromatic heterocycles. The molecule has 18 heavy (non-hydrogen) atoms. The van der Waals surface area contributed by atoms with Crippen molar-refractivity contribution in [1.29, 1.82) is 0 Å². The van der Waals surface area contributed by atoms with Crippen molar-refractivity contribution in [3.8, 4) is 0 Å². The summed E-state index contributed by atoms with van der Waals surface area (Å²) in [6, 6.07) is 13.4. The molecule has 1 heteroatoms. The van der Waals surface area contributed by atoms with Gasteiger partial charge in [-0.05, 0) is 46.5 Å². The van der Waals surface area contributed by atoms with Crippen molar-refractivity contribution in [3.05, 3.63) is 58.6 Å². The summed E-state index contributed by atoms with van der Waals surface area (Å²) in [5.41, 5.74) is 4.46. The predicted octanol–water partition coefficient (Wildman–Crippen LogP) is 5.74. The molecule has 1 aliphatic rings. The molecular weight excluding hydrogens is 235 g/mol. The van der Waals surface area contributed by atoms with E-state index < -0.39 is 0 Å². The molecule has 0 radical (unpaired) electrons. The first-order chi connectivity index (χ1) is 8.81. The number of hydrogen-bond acceptors (Lipinski definition) is 0. The van der Waals surface area contributed by atoms with Crippen LogP contribution in [-0.4, -0.2) is 0 Å². The van der Waals surface area contributed by atoms with Crippen LogP contribution < -0.4 is 0 Å². The van der Waals surface area contributed by atoms with E-state index in [0.29, 0.717) is 5.92 Å². The van der Waals surface area contributed by atoms with Gasteiger partial charge < -0.3 is 0 Å². The lowest BCUT2D eigenvalue weighted by Gasteiger charge is -2.12. The summed E-state index contributed by atoms with van der Waals surface area (Å²) in [5.74, 6) is 2.99. The maximum Gasteiger partial charge on any atom is 0.00763 e. The Kier molecular flexibility index (Phi) is 3.14. The van der Waals surface area contributed by atoms with Crippen molar-refractivity contribution in [2.75, 3.05) is 0 Å². The van der Waals surface area contributed by atoms with Crippen LogP contribution in [0.5, 0.6) is 0 Å². The molecule has 0 spiro atoms. The fraction of sp³-hybridized carbons (Fsp3) is 0.294. The van der Waals surface area contributed by atoms with E-state index in [1.54, 1.807) is 10.9 Å². The van der Waals surface area contributed by atoms with Gasteiger partial charge in [0.2, 0.25) is 0 Å². The SMILES string of the molecule is CCCp1cccc1C1=Cc2ccccc2C1C. The van der Waals surface area contributed by atoms with Crippen LogP contribution in [0, 0.1) is 0 Å². The first-order valence-electron chi connectivity index (χ1n) is 6.77. The maximum atomic E-state index is 2.42. The van der Waals surface area contributed by atoms with Gasteiger partial charge in [-0.3, -0.25) is 0 Å². The van der Waals surface area contributed by atoms with Crippen LogP contribution >= 0.6 is 7.53 Å². The van der Waals surface area contributed by atoms with Gasteiger partial charge in [0.25, 0.3) is 0 Å². The molecule has 0 N–H and O–H groups in total. The van der Waals surface area contributed by atoms with Gasteiger partial charge in [-0.25, -0.2) is 0 Å². The molecular formula is C17H19P. The monoisotopic (exact) mass is 254 g/mol. The van der Waals surface area contributed by atoms with Crippen molar-refractivity contribution in [2.45, 2.75) is 32.3 Å². The maximum absolute atomic E-state index is 2.42. The second kappa shape index (κ2) is 4.78. The number of rotatable bonds is 3.